The molecule has 0 aliphatic carbocycles. The fourth-order valence-electron chi connectivity index (χ4n) is 2.21. The molecule has 25 heavy (non-hydrogen) atoms. The molecule has 0 bridgehead atoms. The zero-order valence-corrected chi connectivity index (χ0v) is 15.0. The molecule has 0 atom stereocenters. The Labute approximate surface area is 150 Å². The lowest BCUT2D eigenvalue weighted by Crippen LogP contribution is -2.10. The molecule has 0 aliphatic heterocycles. The summed E-state index contributed by atoms with van der Waals surface area (Å²) in [6.07, 6.45) is 4.19. The molecule has 0 saturated carbocycles. The van der Waals surface area contributed by atoms with E-state index < -0.39 is 0 Å². The maximum Gasteiger partial charge on any atom is 0.119 e. The fourth-order valence-corrected chi connectivity index (χ4v) is 2.21. The summed E-state index contributed by atoms with van der Waals surface area (Å²) in [7, 11) is 1.92. The molecule has 0 radical (unpaired) electrons. The normalized spacial score (nSPS) is 11.0. The van der Waals surface area contributed by atoms with Crippen LogP contribution in [0.4, 0.5) is 5.69 Å². The van der Waals surface area contributed by atoms with E-state index in [0.717, 1.165) is 23.6 Å². The molecule has 4 nitrogen and oxygen atoms in total. The molecule has 4 heteroatoms. The van der Waals surface area contributed by atoms with Gasteiger partial charge in [0.1, 0.15) is 12.4 Å². The van der Waals surface area contributed by atoms with Crippen LogP contribution in [0.1, 0.15) is 18.1 Å². The average molecular weight is 341 g/mol. The van der Waals surface area contributed by atoms with Crippen LogP contribution in [0.2, 0.25) is 0 Å². The summed E-state index contributed by atoms with van der Waals surface area (Å²) in [6.45, 7) is 5.05. The third-order valence-corrected chi connectivity index (χ3v) is 3.62. The highest BCUT2D eigenvalue weighted by Crippen LogP contribution is 2.15. The molecule has 2 rings (SSSR count). The highest BCUT2D eigenvalue weighted by molar-refractivity contribution is 5.70. The number of benzene rings is 2. The highest BCUT2D eigenvalue weighted by atomic mass is 16.5. The molecular formula is C21H27NO3. The Morgan fingerprint density at radius 1 is 0.760 bits per heavy atom. The lowest BCUT2D eigenvalue weighted by atomic mass is 10.1. The van der Waals surface area contributed by atoms with E-state index in [9.17, 15) is 0 Å². The van der Waals surface area contributed by atoms with Gasteiger partial charge in [-0.2, -0.15) is 0 Å². The van der Waals surface area contributed by atoms with Gasteiger partial charge < -0.3 is 19.5 Å². The second-order valence-electron chi connectivity index (χ2n) is 5.43. The van der Waals surface area contributed by atoms with Crippen molar-refractivity contribution in [3.63, 3.8) is 0 Å². The number of hydrogen-bond donors (Lipinski definition) is 1. The van der Waals surface area contributed by atoms with Gasteiger partial charge in [0, 0.05) is 19.3 Å². The Bertz CT molecular complexity index is 621. The van der Waals surface area contributed by atoms with Crippen molar-refractivity contribution in [1.82, 2.24) is 0 Å². The van der Waals surface area contributed by atoms with Crippen molar-refractivity contribution in [3.05, 3.63) is 59.7 Å². The SMILES string of the molecule is CCOCCOCCOc1ccc(C=Cc2ccc(NC)cc2)cc1. The molecule has 1 N–H and O–H groups in total. The summed E-state index contributed by atoms with van der Waals surface area (Å²) in [6, 6.07) is 16.3. The number of ether oxygens (including phenoxy) is 3. The van der Waals surface area contributed by atoms with Gasteiger partial charge in [-0.1, -0.05) is 36.4 Å². The van der Waals surface area contributed by atoms with Crippen molar-refractivity contribution in [1.29, 1.82) is 0 Å². The molecule has 134 valence electrons. The largest absolute Gasteiger partial charge is 0.491 e. The second-order valence-corrected chi connectivity index (χ2v) is 5.43. The van der Waals surface area contributed by atoms with Gasteiger partial charge in [-0.15, -0.1) is 0 Å². The van der Waals surface area contributed by atoms with Gasteiger partial charge in [0.25, 0.3) is 0 Å². The van der Waals surface area contributed by atoms with Crippen LogP contribution in [0.5, 0.6) is 5.75 Å². The summed E-state index contributed by atoms with van der Waals surface area (Å²) >= 11 is 0. The molecule has 0 aromatic heterocycles. The predicted molar refractivity (Wildman–Crippen MR) is 104 cm³/mol. The number of hydrogen-bond acceptors (Lipinski definition) is 4. The first-order chi connectivity index (χ1) is 12.3. The average Bonchev–Trinajstić information content (AvgIpc) is 2.67. The minimum Gasteiger partial charge on any atom is -0.491 e. The van der Waals surface area contributed by atoms with E-state index in [1.165, 1.54) is 5.56 Å². The summed E-state index contributed by atoms with van der Waals surface area (Å²) in [4.78, 5) is 0. The van der Waals surface area contributed by atoms with Crippen LogP contribution in [0.3, 0.4) is 0 Å². The van der Waals surface area contributed by atoms with E-state index in [0.29, 0.717) is 26.4 Å². The fraction of sp³-hybridized carbons (Fsp3) is 0.333. The van der Waals surface area contributed by atoms with Crippen molar-refractivity contribution in [2.45, 2.75) is 6.92 Å². The Morgan fingerprint density at radius 3 is 1.92 bits per heavy atom. The van der Waals surface area contributed by atoms with Crippen molar-refractivity contribution in [2.75, 3.05) is 45.4 Å². The first-order valence-corrected chi connectivity index (χ1v) is 8.66. The first-order valence-electron chi connectivity index (χ1n) is 8.66. The molecule has 0 saturated heterocycles. The molecule has 0 amide bonds. The summed E-state index contributed by atoms with van der Waals surface area (Å²) < 4.78 is 16.3. The lowest BCUT2D eigenvalue weighted by molar-refractivity contribution is 0.0405. The van der Waals surface area contributed by atoms with E-state index in [2.05, 4.69) is 41.7 Å². The maximum atomic E-state index is 5.66. The summed E-state index contributed by atoms with van der Waals surface area (Å²) in [5.74, 6) is 0.851. The predicted octanol–water partition coefficient (Wildman–Crippen LogP) is 4.33. The van der Waals surface area contributed by atoms with E-state index in [1.54, 1.807) is 0 Å². The van der Waals surface area contributed by atoms with Gasteiger partial charge in [-0.25, -0.2) is 0 Å². The maximum absolute atomic E-state index is 5.66. The Hall–Kier alpha value is -2.30. The molecule has 0 aliphatic rings. The second kappa shape index (κ2) is 11.3. The van der Waals surface area contributed by atoms with Gasteiger partial charge in [-0.3, -0.25) is 0 Å². The van der Waals surface area contributed by atoms with Gasteiger partial charge in [0.15, 0.2) is 0 Å². The third kappa shape index (κ3) is 7.42. The van der Waals surface area contributed by atoms with Crippen LogP contribution in [-0.2, 0) is 9.47 Å². The molecule has 2 aromatic carbocycles. The van der Waals surface area contributed by atoms with Crippen LogP contribution in [-0.4, -0.2) is 40.1 Å². The van der Waals surface area contributed by atoms with E-state index in [-0.39, 0.29) is 0 Å². The van der Waals surface area contributed by atoms with Gasteiger partial charge >= 0.3 is 0 Å². The Balaban J connectivity index is 1.72. The van der Waals surface area contributed by atoms with Crippen molar-refractivity contribution < 1.29 is 14.2 Å². The van der Waals surface area contributed by atoms with Crippen LogP contribution < -0.4 is 10.1 Å². The summed E-state index contributed by atoms with van der Waals surface area (Å²) in [5.41, 5.74) is 3.42. The zero-order valence-electron chi connectivity index (χ0n) is 15.0. The lowest BCUT2D eigenvalue weighted by Gasteiger charge is -2.07. The molecule has 0 unspecified atom stereocenters. The van der Waals surface area contributed by atoms with Gasteiger partial charge in [0.05, 0.1) is 19.8 Å². The molecular weight excluding hydrogens is 314 g/mol. The minimum atomic E-state index is 0.541. The van der Waals surface area contributed by atoms with Crippen molar-refractivity contribution in [2.24, 2.45) is 0 Å². The van der Waals surface area contributed by atoms with E-state index in [1.807, 2.05) is 38.2 Å². The highest BCUT2D eigenvalue weighted by Gasteiger charge is 1.95. The van der Waals surface area contributed by atoms with Crippen molar-refractivity contribution >= 4 is 17.8 Å². The van der Waals surface area contributed by atoms with Crippen molar-refractivity contribution in [3.8, 4) is 5.75 Å². The molecule has 2 aromatic rings. The zero-order chi connectivity index (χ0) is 17.7. The Morgan fingerprint density at radius 2 is 1.32 bits per heavy atom. The standard InChI is InChI=1S/C21H27NO3/c1-3-23-14-15-24-16-17-25-21-12-8-19(9-13-21)5-4-18-6-10-20(22-2)11-7-18/h4-13,22H,3,14-17H2,1-2H3. The topological polar surface area (TPSA) is 39.7 Å². The molecule has 0 fully saturated rings. The minimum absolute atomic E-state index is 0.541. The van der Waals surface area contributed by atoms with Gasteiger partial charge in [0.2, 0.25) is 0 Å². The van der Waals surface area contributed by atoms with Crippen LogP contribution in [0.15, 0.2) is 48.5 Å². The smallest absolute Gasteiger partial charge is 0.119 e. The monoisotopic (exact) mass is 341 g/mol. The van der Waals surface area contributed by atoms with E-state index >= 15 is 0 Å². The summed E-state index contributed by atoms with van der Waals surface area (Å²) in [5, 5.41) is 3.11. The van der Waals surface area contributed by atoms with Crippen LogP contribution in [0, 0.1) is 0 Å². The molecule has 0 heterocycles. The third-order valence-electron chi connectivity index (χ3n) is 3.62. The number of rotatable bonds is 11. The van der Waals surface area contributed by atoms with Crippen LogP contribution >= 0.6 is 0 Å². The Kier molecular flexibility index (Phi) is 8.59. The number of nitrogens with one attached hydrogen (secondary N) is 1. The molecule has 0 spiro atoms. The van der Waals surface area contributed by atoms with E-state index in [4.69, 9.17) is 14.2 Å². The number of anilines is 1. The van der Waals surface area contributed by atoms with Gasteiger partial charge in [-0.05, 0) is 42.3 Å². The van der Waals surface area contributed by atoms with Crippen LogP contribution in [0.25, 0.3) is 12.2 Å². The quantitative estimate of drug-likeness (QED) is 0.488. The first kappa shape index (κ1) is 19.0.